The fourth-order valence-electron chi connectivity index (χ4n) is 2.25. The summed E-state index contributed by atoms with van der Waals surface area (Å²) in [5, 5.41) is 4.17. The van der Waals surface area contributed by atoms with E-state index in [4.69, 9.17) is 9.47 Å². The molecule has 0 atom stereocenters. The molecule has 4 rings (SSSR count). The van der Waals surface area contributed by atoms with Gasteiger partial charge in [0.25, 0.3) is 0 Å². The van der Waals surface area contributed by atoms with E-state index in [1.807, 2.05) is 17.5 Å². The van der Waals surface area contributed by atoms with Crippen molar-refractivity contribution in [3.05, 3.63) is 39.9 Å². The summed E-state index contributed by atoms with van der Waals surface area (Å²) >= 11 is 6.95. The van der Waals surface area contributed by atoms with Gasteiger partial charge >= 0.3 is 0 Å². The Morgan fingerprint density at radius 3 is 2.86 bits per heavy atom. The minimum Gasteiger partial charge on any atom is -0.486 e. The fourth-order valence-corrected chi connectivity index (χ4v) is 4.66. The van der Waals surface area contributed by atoms with E-state index < -0.39 is 0 Å². The van der Waals surface area contributed by atoms with Crippen LogP contribution in [0.2, 0.25) is 0 Å². The standard InChI is InChI=1S/C15H11BrN2O2S2/c16-11-6-13-12(19-2-3-20-13)5-9(11)7-22-15-10-1-4-21-14(10)17-8-18-15/h1,4-6,8H,2-3,7H2. The molecule has 22 heavy (non-hydrogen) atoms. The van der Waals surface area contributed by atoms with Crippen LogP contribution in [0.5, 0.6) is 11.5 Å². The number of benzene rings is 1. The molecule has 1 aliphatic rings. The van der Waals surface area contributed by atoms with Crippen molar-refractivity contribution in [3.63, 3.8) is 0 Å². The highest BCUT2D eigenvalue weighted by molar-refractivity contribution is 9.10. The van der Waals surface area contributed by atoms with Gasteiger partial charge in [0.1, 0.15) is 29.4 Å². The van der Waals surface area contributed by atoms with Gasteiger partial charge in [0, 0.05) is 15.6 Å². The van der Waals surface area contributed by atoms with Gasteiger partial charge in [0.15, 0.2) is 11.5 Å². The average Bonchev–Trinajstić information content (AvgIpc) is 3.02. The quantitative estimate of drug-likeness (QED) is 0.482. The Kier molecular flexibility index (Phi) is 3.94. The Morgan fingerprint density at radius 2 is 2.00 bits per heavy atom. The first-order valence-corrected chi connectivity index (χ1v) is 9.36. The minimum absolute atomic E-state index is 0.600. The molecule has 0 N–H and O–H groups in total. The third kappa shape index (κ3) is 2.68. The monoisotopic (exact) mass is 394 g/mol. The number of rotatable bonds is 3. The second-order valence-corrected chi connectivity index (χ2v) is 7.41. The maximum atomic E-state index is 5.65. The molecule has 0 bridgehead atoms. The molecule has 1 aromatic carbocycles. The van der Waals surface area contributed by atoms with Gasteiger partial charge in [-0.2, -0.15) is 0 Å². The van der Waals surface area contributed by atoms with Crippen LogP contribution in [0.3, 0.4) is 0 Å². The molecular weight excluding hydrogens is 384 g/mol. The van der Waals surface area contributed by atoms with Crippen molar-refractivity contribution in [2.75, 3.05) is 13.2 Å². The molecule has 0 amide bonds. The molecule has 0 unspecified atom stereocenters. The van der Waals surface area contributed by atoms with Crippen LogP contribution in [-0.4, -0.2) is 23.2 Å². The lowest BCUT2D eigenvalue weighted by atomic mass is 10.2. The first-order valence-electron chi connectivity index (χ1n) is 6.70. The van der Waals surface area contributed by atoms with Gasteiger partial charge in [-0.3, -0.25) is 0 Å². The molecule has 0 radical (unpaired) electrons. The lowest BCUT2D eigenvalue weighted by molar-refractivity contribution is 0.171. The van der Waals surface area contributed by atoms with Crippen LogP contribution in [0.15, 0.2) is 39.4 Å². The first kappa shape index (κ1) is 14.3. The number of nitrogens with zero attached hydrogens (tertiary/aromatic N) is 2. The number of ether oxygens (including phenoxy) is 2. The van der Waals surface area contributed by atoms with E-state index in [2.05, 4.69) is 32.0 Å². The van der Waals surface area contributed by atoms with Crippen LogP contribution in [-0.2, 0) is 5.75 Å². The first-order chi connectivity index (χ1) is 10.8. The van der Waals surface area contributed by atoms with Crippen LogP contribution in [0, 0.1) is 0 Å². The third-order valence-electron chi connectivity index (χ3n) is 3.30. The van der Waals surface area contributed by atoms with Crippen molar-refractivity contribution >= 4 is 49.2 Å². The van der Waals surface area contributed by atoms with Gasteiger partial charge in [0.2, 0.25) is 0 Å². The maximum absolute atomic E-state index is 5.65. The Bertz CT molecular complexity index is 838. The number of fused-ring (bicyclic) bond motifs is 2. The second kappa shape index (κ2) is 6.06. The molecule has 0 aliphatic carbocycles. The normalized spacial score (nSPS) is 13.5. The predicted octanol–water partition coefficient (Wildman–Crippen LogP) is 4.52. The van der Waals surface area contributed by atoms with Crippen molar-refractivity contribution < 1.29 is 9.47 Å². The SMILES string of the molecule is Brc1cc2c(cc1CSc1ncnc3sccc13)OCCO2. The van der Waals surface area contributed by atoms with Crippen molar-refractivity contribution in [1.82, 2.24) is 9.97 Å². The number of thiophene rings is 1. The Labute approximate surface area is 144 Å². The van der Waals surface area contributed by atoms with E-state index in [0.29, 0.717) is 13.2 Å². The van der Waals surface area contributed by atoms with E-state index >= 15 is 0 Å². The summed E-state index contributed by atoms with van der Waals surface area (Å²) in [4.78, 5) is 9.71. The van der Waals surface area contributed by atoms with Gasteiger partial charge < -0.3 is 9.47 Å². The van der Waals surface area contributed by atoms with Crippen LogP contribution >= 0.6 is 39.0 Å². The lowest BCUT2D eigenvalue weighted by Gasteiger charge is -2.19. The van der Waals surface area contributed by atoms with Crippen molar-refractivity contribution in [3.8, 4) is 11.5 Å². The van der Waals surface area contributed by atoms with Crippen LogP contribution in [0.4, 0.5) is 0 Å². The smallest absolute Gasteiger partial charge is 0.162 e. The number of thioether (sulfide) groups is 1. The van der Waals surface area contributed by atoms with Crippen LogP contribution in [0.25, 0.3) is 10.2 Å². The molecule has 7 heteroatoms. The van der Waals surface area contributed by atoms with Gasteiger partial charge in [-0.25, -0.2) is 9.97 Å². The summed E-state index contributed by atoms with van der Waals surface area (Å²) in [5.41, 5.74) is 1.16. The van der Waals surface area contributed by atoms with Crippen LogP contribution < -0.4 is 9.47 Å². The predicted molar refractivity (Wildman–Crippen MR) is 92.1 cm³/mol. The summed E-state index contributed by atoms with van der Waals surface area (Å²) in [6.45, 7) is 1.20. The highest BCUT2D eigenvalue weighted by Gasteiger charge is 2.15. The number of aromatic nitrogens is 2. The van der Waals surface area contributed by atoms with E-state index in [1.165, 1.54) is 0 Å². The molecule has 1 aliphatic heterocycles. The molecule has 3 aromatic rings. The molecule has 4 nitrogen and oxygen atoms in total. The molecule has 0 fully saturated rings. The van der Waals surface area contributed by atoms with Crippen molar-refractivity contribution in [2.45, 2.75) is 10.8 Å². The van der Waals surface area contributed by atoms with Gasteiger partial charge in [0.05, 0.1) is 0 Å². The van der Waals surface area contributed by atoms with Gasteiger partial charge in [-0.15, -0.1) is 23.1 Å². The molecular formula is C15H11BrN2O2S2. The molecule has 0 spiro atoms. The van der Waals surface area contributed by atoms with E-state index in [0.717, 1.165) is 42.5 Å². The van der Waals surface area contributed by atoms with Gasteiger partial charge in [-0.1, -0.05) is 15.9 Å². The zero-order valence-corrected chi connectivity index (χ0v) is 14.6. The Hall–Kier alpha value is -1.31. The Balaban J connectivity index is 1.60. The van der Waals surface area contributed by atoms with Crippen molar-refractivity contribution in [2.24, 2.45) is 0 Å². The molecule has 2 aromatic heterocycles. The molecule has 3 heterocycles. The molecule has 112 valence electrons. The minimum atomic E-state index is 0.600. The van der Waals surface area contributed by atoms with Gasteiger partial charge in [-0.05, 0) is 29.1 Å². The van der Waals surface area contributed by atoms with E-state index in [-0.39, 0.29) is 0 Å². The zero-order valence-electron chi connectivity index (χ0n) is 11.4. The topological polar surface area (TPSA) is 44.2 Å². The summed E-state index contributed by atoms with van der Waals surface area (Å²) in [6, 6.07) is 6.09. The summed E-state index contributed by atoms with van der Waals surface area (Å²) in [6.07, 6.45) is 1.63. The highest BCUT2D eigenvalue weighted by atomic mass is 79.9. The largest absolute Gasteiger partial charge is 0.486 e. The summed E-state index contributed by atoms with van der Waals surface area (Å²) in [5.74, 6) is 2.42. The summed E-state index contributed by atoms with van der Waals surface area (Å²) < 4.78 is 12.3. The highest BCUT2D eigenvalue weighted by Crippen LogP contribution is 2.38. The zero-order chi connectivity index (χ0) is 14.9. The average molecular weight is 395 g/mol. The van der Waals surface area contributed by atoms with E-state index in [1.54, 1.807) is 29.4 Å². The van der Waals surface area contributed by atoms with Crippen LogP contribution in [0.1, 0.15) is 5.56 Å². The van der Waals surface area contributed by atoms with E-state index in [9.17, 15) is 0 Å². The Morgan fingerprint density at radius 1 is 1.18 bits per heavy atom. The molecule has 0 saturated carbocycles. The number of hydrogen-bond donors (Lipinski definition) is 0. The fraction of sp³-hybridized carbons (Fsp3) is 0.200. The maximum Gasteiger partial charge on any atom is 0.162 e. The number of hydrogen-bond acceptors (Lipinski definition) is 6. The second-order valence-electron chi connectivity index (χ2n) is 4.69. The molecule has 0 saturated heterocycles. The number of halogens is 1. The van der Waals surface area contributed by atoms with Crippen molar-refractivity contribution in [1.29, 1.82) is 0 Å². The summed E-state index contributed by atoms with van der Waals surface area (Å²) in [7, 11) is 0. The lowest BCUT2D eigenvalue weighted by Crippen LogP contribution is -2.15. The third-order valence-corrected chi connectivity index (χ3v) is 5.91.